The second kappa shape index (κ2) is 2.68. The van der Waals surface area contributed by atoms with Gasteiger partial charge in [-0.2, -0.15) is 0 Å². The van der Waals surface area contributed by atoms with Crippen LogP contribution in [0.2, 0.25) is 0 Å². The molecule has 0 saturated heterocycles. The van der Waals surface area contributed by atoms with Gasteiger partial charge in [0, 0.05) is 16.7 Å². The van der Waals surface area contributed by atoms with Gasteiger partial charge in [-0.15, -0.1) is 0 Å². The van der Waals surface area contributed by atoms with Crippen molar-refractivity contribution in [3.8, 4) is 0 Å². The van der Waals surface area contributed by atoms with Crippen molar-refractivity contribution < 1.29 is 19.5 Å². The quantitative estimate of drug-likeness (QED) is 0.691. The summed E-state index contributed by atoms with van der Waals surface area (Å²) in [6.45, 7) is 3.50. The van der Waals surface area contributed by atoms with Crippen LogP contribution in [0.15, 0.2) is 0 Å². The molecule has 4 nitrogen and oxygen atoms in total. The van der Waals surface area contributed by atoms with E-state index in [0.29, 0.717) is 12.8 Å². The number of fused-ring (bicyclic) bond motifs is 2. The lowest BCUT2D eigenvalue weighted by Crippen LogP contribution is -2.37. The SMILES string of the molecule is C[C@]1(CC(=O)O)[C@H]2CC[C@]1(C)C(=O)C2=O. The number of rotatable bonds is 2. The van der Waals surface area contributed by atoms with Crippen LogP contribution < -0.4 is 0 Å². The molecule has 2 bridgehead atoms. The van der Waals surface area contributed by atoms with Crippen LogP contribution in [-0.2, 0) is 14.4 Å². The number of carboxylic acid groups (broad SMARTS) is 1. The van der Waals surface area contributed by atoms with Gasteiger partial charge in [-0.25, -0.2) is 0 Å². The van der Waals surface area contributed by atoms with Crippen LogP contribution in [0, 0.1) is 16.7 Å². The van der Waals surface area contributed by atoms with Gasteiger partial charge < -0.3 is 5.11 Å². The molecule has 0 aromatic heterocycles. The van der Waals surface area contributed by atoms with Crippen LogP contribution in [0.4, 0.5) is 0 Å². The fraction of sp³-hybridized carbons (Fsp3) is 0.727. The van der Waals surface area contributed by atoms with E-state index in [2.05, 4.69) is 0 Å². The fourth-order valence-corrected chi connectivity index (χ4v) is 3.28. The lowest BCUT2D eigenvalue weighted by molar-refractivity contribution is -0.143. The molecule has 2 aliphatic carbocycles. The van der Waals surface area contributed by atoms with E-state index >= 15 is 0 Å². The highest BCUT2D eigenvalue weighted by Crippen LogP contribution is 2.63. The average Bonchev–Trinajstić information content (AvgIpc) is 2.42. The summed E-state index contributed by atoms with van der Waals surface area (Å²) in [6, 6.07) is 0. The molecule has 2 rings (SSSR count). The molecule has 2 saturated carbocycles. The molecule has 0 amide bonds. The van der Waals surface area contributed by atoms with E-state index in [0.717, 1.165) is 0 Å². The first kappa shape index (κ1) is 10.3. The van der Waals surface area contributed by atoms with E-state index in [4.69, 9.17) is 5.11 Å². The molecule has 15 heavy (non-hydrogen) atoms. The molecule has 0 aromatic rings. The Balaban J connectivity index is 2.46. The molecular weight excluding hydrogens is 196 g/mol. The van der Waals surface area contributed by atoms with Crippen LogP contribution in [0.5, 0.6) is 0 Å². The normalized spacial score (nSPS) is 43.7. The molecule has 4 heteroatoms. The number of carbonyl (C=O) groups is 3. The first-order chi connectivity index (χ1) is 6.83. The summed E-state index contributed by atoms with van der Waals surface area (Å²) in [5.74, 6) is -2.01. The van der Waals surface area contributed by atoms with Gasteiger partial charge in [0.2, 0.25) is 11.6 Å². The molecule has 0 aliphatic heterocycles. The van der Waals surface area contributed by atoms with Gasteiger partial charge >= 0.3 is 5.97 Å². The van der Waals surface area contributed by atoms with Crippen LogP contribution in [0.25, 0.3) is 0 Å². The number of Topliss-reactive ketones (excluding diaryl/α,β-unsaturated/α-hetero) is 2. The first-order valence-electron chi connectivity index (χ1n) is 5.13. The second-order valence-corrected chi connectivity index (χ2v) is 5.10. The van der Waals surface area contributed by atoms with E-state index in [9.17, 15) is 14.4 Å². The lowest BCUT2D eigenvalue weighted by Gasteiger charge is -2.34. The van der Waals surface area contributed by atoms with E-state index in [1.165, 1.54) is 0 Å². The zero-order valence-electron chi connectivity index (χ0n) is 8.87. The minimum atomic E-state index is -0.932. The zero-order chi connectivity index (χ0) is 11.4. The largest absolute Gasteiger partial charge is 0.481 e. The summed E-state index contributed by atoms with van der Waals surface area (Å²) < 4.78 is 0. The maximum Gasteiger partial charge on any atom is 0.303 e. The molecule has 3 atom stereocenters. The summed E-state index contributed by atoms with van der Waals surface area (Å²) in [4.78, 5) is 34.2. The van der Waals surface area contributed by atoms with Gasteiger partial charge in [-0.05, 0) is 12.8 Å². The smallest absolute Gasteiger partial charge is 0.303 e. The van der Waals surface area contributed by atoms with Gasteiger partial charge in [-0.3, -0.25) is 14.4 Å². The Morgan fingerprint density at radius 1 is 1.47 bits per heavy atom. The van der Waals surface area contributed by atoms with Crippen LogP contribution >= 0.6 is 0 Å². The van der Waals surface area contributed by atoms with Crippen LogP contribution in [0.1, 0.15) is 33.1 Å². The second-order valence-electron chi connectivity index (χ2n) is 5.10. The molecule has 0 aromatic carbocycles. The number of ketones is 2. The highest BCUT2D eigenvalue weighted by molar-refractivity contribution is 6.43. The molecule has 0 spiro atoms. The third kappa shape index (κ3) is 0.994. The third-order valence-electron chi connectivity index (χ3n) is 4.52. The summed E-state index contributed by atoms with van der Waals surface area (Å²) in [6.07, 6.45) is 1.21. The number of hydrogen-bond acceptors (Lipinski definition) is 3. The number of carboxylic acids is 1. The minimum absolute atomic E-state index is 0.0916. The fourth-order valence-electron chi connectivity index (χ4n) is 3.28. The van der Waals surface area contributed by atoms with Gasteiger partial charge in [0.1, 0.15) is 0 Å². The maximum atomic E-state index is 11.7. The van der Waals surface area contributed by atoms with Gasteiger partial charge in [0.25, 0.3) is 0 Å². The van der Waals surface area contributed by atoms with Gasteiger partial charge in [0.05, 0.1) is 6.42 Å². The number of aliphatic carboxylic acids is 1. The molecule has 1 N–H and O–H groups in total. The standard InChI is InChI=1S/C11H14O4/c1-10-4-3-6(8(14)9(10)15)11(10,2)5-7(12)13/h6H,3-5H2,1-2H3,(H,12,13)/t6-,10+,11-/m0/s1. The van der Waals surface area contributed by atoms with Crippen molar-refractivity contribution in [2.75, 3.05) is 0 Å². The highest BCUT2D eigenvalue weighted by Gasteiger charge is 2.68. The molecular formula is C11H14O4. The lowest BCUT2D eigenvalue weighted by atomic mass is 9.67. The Morgan fingerprint density at radius 2 is 2.07 bits per heavy atom. The minimum Gasteiger partial charge on any atom is -0.481 e. The summed E-state index contributed by atoms with van der Waals surface area (Å²) in [5.41, 5.74) is -1.42. The Bertz CT molecular complexity index is 373. The maximum absolute atomic E-state index is 11.7. The molecule has 0 unspecified atom stereocenters. The molecule has 0 radical (unpaired) electrons. The first-order valence-corrected chi connectivity index (χ1v) is 5.13. The molecule has 82 valence electrons. The van der Waals surface area contributed by atoms with Crippen molar-refractivity contribution >= 4 is 17.5 Å². The van der Waals surface area contributed by atoms with Crippen molar-refractivity contribution in [2.24, 2.45) is 16.7 Å². The Kier molecular flexibility index (Phi) is 1.85. The van der Waals surface area contributed by atoms with Crippen molar-refractivity contribution in [3.63, 3.8) is 0 Å². The third-order valence-corrected chi connectivity index (χ3v) is 4.52. The van der Waals surface area contributed by atoms with Gasteiger partial charge in [-0.1, -0.05) is 13.8 Å². The zero-order valence-corrected chi connectivity index (χ0v) is 8.87. The topological polar surface area (TPSA) is 71.4 Å². The van der Waals surface area contributed by atoms with E-state index in [1.807, 2.05) is 0 Å². The van der Waals surface area contributed by atoms with Gasteiger partial charge in [0.15, 0.2) is 0 Å². The summed E-state index contributed by atoms with van der Waals surface area (Å²) in [7, 11) is 0. The predicted octanol–water partition coefficient (Wildman–Crippen LogP) is 1.04. The number of hydrogen-bond donors (Lipinski definition) is 1. The van der Waals surface area contributed by atoms with Crippen molar-refractivity contribution in [2.45, 2.75) is 33.1 Å². The van der Waals surface area contributed by atoms with E-state index < -0.39 is 16.8 Å². The Morgan fingerprint density at radius 3 is 2.47 bits per heavy atom. The number of carbonyl (C=O) groups excluding carboxylic acids is 2. The Hall–Kier alpha value is -1.19. The van der Waals surface area contributed by atoms with Crippen molar-refractivity contribution in [1.29, 1.82) is 0 Å². The highest BCUT2D eigenvalue weighted by atomic mass is 16.4. The molecule has 0 heterocycles. The van der Waals surface area contributed by atoms with Crippen LogP contribution in [-0.4, -0.2) is 22.6 Å². The predicted molar refractivity (Wildman–Crippen MR) is 51.2 cm³/mol. The monoisotopic (exact) mass is 210 g/mol. The van der Waals surface area contributed by atoms with E-state index in [1.54, 1.807) is 13.8 Å². The molecule has 2 fully saturated rings. The van der Waals surface area contributed by atoms with Crippen molar-refractivity contribution in [1.82, 2.24) is 0 Å². The summed E-state index contributed by atoms with van der Waals surface area (Å²) in [5, 5.41) is 8.87. The van der Waals surface area contributed by atoms with Crippen molar-refractivity contribution in [3.05, 3.63) is 0 Å². The summed E-state index contributed by atoms with van der Waals surface area (Å²) >= 11 is 0. The van der Waals surface area contributed by atoms with Crippen LogP contribution in [0.3, 0.4) is 0 Å². The van der Waals surface area contributed by atoms with E-state index in [-0.39, 0.29) is 23.9 Å². The average molecular weight is 210 g/mol. The molecule has 2 aliphatic rings. The Labute approximate surface area is 87.7 Å².